The van der Waals surface area contributed by atoms with Crippen LogP contribution in [0.3, 0.4) is 0 Å². The van der Waals surface area contributed by atoms with E-state index in [0.29, 0.717) is 6.42 Å². The third kappa shape index (κ3) is 3.63. The van der Waals surface area contributed by atoms with Crippen molar-refractivity contribution in [2.45, 2.75) is 26.3 Å². The predicted molar refractivity (Wildman–Crippen MR) is 84.2 cm³/mol. The van der Waals surface area contributed by atoms with Crippen molar-refractivity contribution in [2.75, 3.05) is 7.05 Å². The van der Waals surface area contributed by atoms with Gasteiger partial charge in [-0.2, -0.15) is 0 Å². The van der Waals surface area contributed by atoms with Crippen LogP contribution in [0.5, 0.6) is 5.75 Å². The Bertz CT molecular complexity index is 619. The van der Waals surface area contributed by atoms with Crippen molar-refractivity contribution in [3.8, 4) is 5.75 Å². The van der Waals surface area contributed by atoms with Gasteiger partial charge in [-0.15, -0.1) is 0 Å². The van der Waals surface area contributed by atoms with E-state index < -0.39 is 0 Å². The standard InChI is InChI=1S/C18H21NO2/c1-13-6-4-5-7-16(13)12-18(21)19(3)14(2)15-8-10-17(20)11-9-15/h4-11,14,20H,12H2,1-3H3. The van der Waals surface area contributed by atoms with Gasteiger partial charge >= 0.3 is 0 Å². The van der Waals surface area contributed by atoms with E-state index in [1.165, 1.54) is 0 Å². The summed E-state index contributed by atoms with van der Waals surface area (Å²) in [7, 11) is 1.82. The summed E-state index contributed by atoms with van der Waals surface area (Å²) in [6.45, 7) is 4.01. The highest BCUT2D eigenvalue weighted by Crippen LogP contribution is 2.22. The molecule has 21 heavy (non-hydrogen) atoms. The number of carbonyl (C=O) groups is 1. The molecule has 0 heterocycles. The molecule has 110 valence electrons. The van der Waals surface area contributed by atoms with E-state index in [4.69, 9.17) is 0 Å². The van der Waals surface area contributed by atoms with Crippen LogP contribution in [-0.4, -0.2) is 23.0 Å². The normalized spacial score (nSPS) is 12.0. The molecule has 0 bridgehead atoms. The van der Waals surface area contributed by atoms with Gasteiger partial charge in [0.2, 0.25) is 5.91 Å². The molecule has 0 saturated carbocycles. The molecule has 2 aromatic rings. The second-order valence-electron chi connectivity index (χ2n) is 5.38. The minimum Gasteiger partial charge on any atom is -0.508 e. The van der Waals surface area contributed by atoms with Gasteiger partial charge in [0.1, 0.15) is 5.75 Å². The van der Waals surface area contributed by atoms with Crippen LogP contribution < -0.4 is 0 Å². The number of likely N-dealkylation sites (N-methyl/N-ethyl adjacent to an activating group) is 1. The number of amides is 1. The number of rotatable bonds is 4. The number of hydrogen-bond acceptors (Lipinski definition) is 2. The first-order valence-electron chi connectivity index (χ1n) is 7.08. The van der Waals surface area contributed by atoms with Crippen molar-refractivity contribution in [3.63, 3.8) is 0 Å². The minimum absolute atomic E-state index is 0.0258. The SMILES string of the molecule is Cc1ccccc1CC(=O)N(C)C(C)c1ccc(O)cc1. The molecule has 0 spiro atoms. The Morgan fingerprint density at radius 2 is 1.76 bits per heavy atom. The maximum absolute atomic E-state index is 12.4. The zero-order valence-electron chi connectivity index (χ0n) is 12.7. The van der Waals surface area contributed by atoms with Gasteiger partial charge < -0.3 is 10.0 Å². The first-order valence-corrected chi connectivity index (χ1v) is 7.08. The molecule has 1 N–H and O–H groups in total. The fraction of sp³-hybridized carbons (Fsp3) is 0.278. The molecule has 2 aromatic carbocycles. The van der Waals surface area contributed by atoms with E-state index in [1.807, 2.05) is 57.3 Å². The summed E-state index contributed by atoms with van der Waals surface area (Å²) in [4.78, 5) is 14.2. The number of nitrogens with zero attached hydrogens (tertiary/aromatic N) is 1. The minimum atomic E-state index is -0.0258. The topological polar surface area (TPSA) is 40.5 Å². The van der Waals surface area contributed by atoms with E-state index in [2.05, 4.69) is 0 Å². The van der Waals surface area contributed by atoms with E-state index >= 15 is 0 Å². The van der Waals surface area contributed by atoms with Crippen molar-refractivity contribution in [2.24, 2.45) is 0 Å². The van der Waals surface area contributed by atoms with Gasteiger partial charge in [0.25, 0.3) is 0 Å². The van der Waals surface area contributed by atoms with Crippen LogP contribution in [0.15, 0.2) is 48.5 Å². The molecule has 0 radical (unpaired) electrons. The van der Waals surface area contributed by atoms with Crippen LogP contribution in [0.4, 0.5) is 0 Å². The summed E-state index contributed by atoms with van der Waals surface area (Å²) in [6, 6.07) is 14.9. The number of aryl methyl sites for hydroxylation is 1. The lowest BCUT2D eigenvalue weighted by Crippen LogP contribution is -2.31. The van der Waals surface area contributed by atoms with Gasteiger partial charge in [0.15, 0.2) is 0 Å². The number of carbonyl (C=O) groups excluding carboxylic acids is 1. The maximum atomic E-state index is 12.4. The third-order valence-corrected chi connectivity index (χ3v) is 3.95. The molecule has 0 aliphatic rings. The molecule has 1 unspecified atom stereocenters. The quantitative estimate of drug-likeness (QED) is 0.933. The lowest BCUT2D eigenvalue weighted by atomic mass is 10.0. The second kappa shape index (κ2) is 6.44. The zero-order chi connectivity index (χ0) is 15.4. The smallest absolute Gasteiger partial charge is 0.227 e. The van der Waals surface area contributed by atoms with Gasteiger partial charge in [-0.05, 0) is 42.7 Å². The van der Waals surface area contributed by atoms with Gasteiger partial charge in [-0.3, -0.25) is 4.79 Å². The van der Waals surface area contributed by atoms with Crippen LogP contribution in [0, 0.1) is 6.92 Å². The summed E-state index contributed by atoms with van der Waals surface area (Å²) in [5.74, 6) is 0.324. The average Bonchev–Trinajstić information content (AvgIpc) is 2.49. The van der Waals surface area contributed by atoms with Crippen molar-refractivity contribution in [1.82, 2.24) is 4.90 Å². The van der Waals surface area contributed by atoms with Gasteiger partial charge in [-0.1, -0.05) is 36.4 Å². The molecule has 0 aliphatic carbocycles. The summed E-state index contributed by atoms with van der Waals surface area (Å²) in [5, 5.41) is 9.33. The summed E-state index contributed by atoms with van der Waals surface area (Å²) >= 11 is 0. The fourth-order valence-electron chi connectivity index (χ4n) is 2.29. The fourth-order valence-corrected chi connectivity index (χ4v) is 2.29. The third-order valence-electron chi connectivity index (χ3n) is 3.95. The lowest BCUT2D eigenvalue weighted by molar-refractivity contribution is -0.131. The molecule has 0 fully saturated rings. The number of hydrogen-bond donors (Lipinski definition) is 1. The van der Waals surface area contributed by atoms with E-state index in [1.54, 1.807) is 17.0 Å². The van der Waals surface area contributed by atoms with Crippen molar-refractivity contribution >= 4 is 5.91 Å². The molecule has 0 aromatic heterocycles. The van der Waals surface area contributed by atoms with Gasteiger partial charge in [-0.25, -0.2) is 0 Å². The Hall–Kier alpha value is -2.29. The van der Waals surface area contributed by atoms with Crippen LogP contribution in [0.1, 0.15) is 29.7 Å². The van der Waals surface area contributed by atoms with Crippen LogP contribution in [-0.2, 0) is 11.2 Å². The van der Waals surface area contributed by atoms with Gasteiger partial charge in [0.05, 0.1) is 12.5 Å². The Morgan fingerprint density at radius 3 is 2.38 bits per heavy atom. The highest BCUT2D eigenvalue weighted by Gasteiger charge is 2.18. The van der Waals surface area contributed by atoms with E-state index in [0.717, 1.165) is 16.7 Å². The van der Waals surface area contributed by atoms with E-state index in [9.17, 15) is 9.90 Å². The predicted octanol–water partition coefficient (Wildman–Crippen LogP) is 3.46. The van der Waals surface area contributed by atoms with Crippen molar-refractivity contribution in [1.29, 1.82) is 0 Å². The molecule has 0 saturated heterocycles. The molecule has 3 heteroatoms. The molecular weight excluding hydrogens is 262 g/mol. The molecule has 1 amide bonds. The molecule has 1 atom stereocenters. The Morgan fingerprint density at radius 1 is 1.14 bits per heavy atom. The number of phenolic OH excluding ortho intramolecular Hbond substituents is 1. The first-order chi connectivity index (χ1) is 9.99. The zero-order valence-corrected chi connectivity index (χ0v) is 12.7. The highest BCUT2D eigenvalue weighted by molar-refractivity contribution is 5.79. The Balaban J connectivity index is 2.08. The van der Waals surface area contributed by atoms with E-state index in [-0.39, 0.29) is 17.7 Å². The maximum Gasteiger partial charge on any atom is 0.227 e. The Kier molecular flexibility index (Phi) is 4.63. The highest BCUT2D eigenvalue weighted by atomic mass is 16.3. The number of aromatic hydroxyl groups is 1. The summed E-state index contributed by atoms with van der Waals surface area (Å²) < 4.78 is 0. The molecule has 3 nitrogen and oxygen atoms in total. The van der Waals surface area contributed by atoms with Crippen LogP contribution in [0.25, 0.3) is 0 Å². The Labute approximate surface area is 125 Å². The summed E-state index contributed by atoms with van der Waals surface area (Å²) in [5.41, 5.74) is 3.21. The van der Waals surface area contributed by atoms with Gasteiger partial charge in [0, 0.05) is 7.05 Å². The average molecular weight is 283 g/mol. The lowest BCUT2D eigenvalue weighted by Gasteiger charge is -2.25. The van der Waals surface area contributed by atoms with Crippen molar-refractivity contribution in [3.05, 3.63) is 65.2 Å². The first kappa shape index (κ1) is 15.1. The summed E-state index contributed by atoms with van der Waals surface area (Å²) in [6.07, 6.45) is 0.408. The van der Waals surface area contributed by atoms with Crippen molar-refractivity contribution < 1.29 is 9.90 Å². The van der Waals surface area contributed by atoms with Crippen LogP contribution >= 0.6 is 0 Å². The number of benzene rings is 2. The molecule has 0 aliphatic heterocycles. The number of phenols is 1. The van der Waals surface area contributed by atoms with Crippen LogP contribution in [0.2, 0.25) is 0 Å². The largest absolute Gasteiger partial charge is 0.508 e. The molecule has 2 rings (SSSR count). The molecular formula is C18H21NO2. The monoisotopic (exact) mass is 283 g/mol. The second-order valence-corrected chi connectivity index (χ2v) is 5.38.